The van der Waals surface area contributed by atoms with Gasteiger partial charge in [0.15, 0.2) is 0 Å². The van der Waals surface area contributed by atoms with E-state index in [2.05, 4.69) is 46.0 Å². The Balaban J connectivity index is 3.54. The van der Waals surface area contributed by atoms with Crippen molar-refractivity contribution in [3.63, 3.8) is 0 Å². The summed E-state index contributed by atoms with van der Waals surface area (Å²) in [6, 6.07) is 0. The van der Waals surface area contributed by atoms with Crippen molar-refractivity contribution in [2.75, 3.05) is 13.6 Å². The number of hydrogen-bond acceptors (Lipinski definition) is 1. The van der Waals surface area contributed by atoms with Crippen molar-refractivity contribution in [2.24, 2.45) is 17.8 Å². The molecule has 0 fully saturated rings. The second-order valence-electron chi connectivity index (χ2n) is 7.97. The highest BCUT2D eigenvalue weighted by atomic mass is 14.8. The summed E-state index contributed by atoms with van der Waals surface area (Å²) < 4.78 is 0. The average Bonchev–Trinajstić information content (AvgIpc) is 2.44. The molecule has 0 rings (SSSR count). The lowest BCUT2D eigenvalue weighted by Gasteiger charge is -2.15. The van der Waals surface area contributed by atoms with Crippen molar-refractivity contribution >= 4 is 0 Å². The predicted octanol–water partition coefficient (Wildman–Crippen LogP) is 6.59. The highest BCUT2D eigenvalue weighted by molar-refractivity contribution is 4.98. The highest BCUT2D eigenvalue weighted by Crippen LogP contribution is 2.21. The SMILES string of the molecule is CNC/C=C(\C)CCC[C@H](C)CCC[C@H](C)CCCC(C)C. The molecule has 0 aliphatic heterocycles. The first-order chi connectivity index (χ1) is 10.5. The first kappa shape index (κ1) is 21.7. The molecule has 0 aromatic rings. The first-order valence-corrected chi connectivity index (χ1v) is 9.75. The number of rotatable bonds is 14. The van der Waals surface area contributed by atoms with E-state index in [4.69, 9.17) is 0 Å². The van der Waals surface area contributed by atoms with Crippen molar-refractivity contribution in [3.8, 4) is 0 Å². The van der Waals surface area contributed by atoms with Crippen LogP contribution in [0.5, 0.6) is 0 Å². The van der Waals surface area contributed by atoms with Gasteiger partial charge in [-0.15, -0.1) is 0 Å². The molecule has 0 saturated heterocycles. The van der Waals surface area contributed by atoms with E-state index in [9.17, 15) is 0 Å². The van der Waals surface area contributed by atoms with Crippen LogP contribution in [-0.2, 0) is 0 Å². The Labute approximate surface area is 141 Å². The molecule has 0 aliphatic rings. The van der Waals surface area contributed by atoms with Crippen LogP contribution in [0.2, 0.25) is 0 Å². The normalized spacial score (nSPS) is 15.3. The maximum Gasteiger partial charge on any atom is 0.0134 e. The first-order valence-electron chi connectivity index (χ1n) is 9.75. The molecule has 0 aliphatic carbocycles. The van der Waals surface area contributed by atoms with Gasteiger partial charge < -0.3 is 5.32 Å². The van der Waals surface area contributed by atoms with E-state index in [0.717, 1.165) is 24.3 Å². The molecule has 2 atom stereocenters. The summed E-state index contributed by atoms with van der Waals surface area (Å²) in [5.41, 5.74) is 1.54. The Hall–Kier alpha value is -0.300. The molecule has 0 heterocycles. The fraction of sp³-hybridized carbons (Fsp3) is 0.905. The van der Waals surface area contributed by atoms with Gasteiger partial charge in [0.1, 0.15) is 0 Å². The zero-order valence-corrected chi connectivity index (χ0v) is 16.4. The summed E-state index contributed by atoms with van der Waals surface area (Å²) in [6.07, 6.45) is 14.9. The highest BCUT2D eigenvalue weighted by Gasteiger charge is 2.06. The van der Waals surface area contributed by atoms with Crippen LogP contribution in [0.3, 0.4) is 0 Å². The molecule has 0 amide bonds. The lowest BCUT2D eigenvalue weighted by atomic mass is 9.91. The second-order valence-corrected chi connectivity index (χ2v) is 7.97. The number of allylic oxidation sites excluding steroid dienone is 1. The van der Waals surface area contributed by atoms with Crippen molar-refractivity contribution in [3.05, 3.63) is 11.6 Å². The fourth-order valence-corrected chi connectivity index (χ4v) is 3.09. The van der Waals surface area contributed by atoms with Gasteiger partial charge in [0, 0.05) is 6.54 Å². The maximum absolute atomic E-state index is 3.18. The van der Waals surface area contributed by atoms with Crippen LogP contribution < -0.4 is 5.32 Å². The van der Waals surface area contributed by atoms with Gasteiger partial charge in [0.2, 0.25) is 0 Å². The van der Waals surface area contributed by atoms with E-state index in [1.165, 1.54) is 57.8 Å². The van der Waals surface area contributed by atoms with Gasteiger partial charge >= 0.3 is 0 Å². The smallest absolute Gasteiger partial charge is 0.0134 e. The summed E-state index contributed by atoms with van der Waals surface area (Å²) in [7, 11) is 2.01. The number of hydrogen-bond donors (Lipinski definition) is 1. The Bertz CT molecular complexity index is 267. The van der Waals surface area contributed by atoms with Gasteiger partial charge in [-0.3, -0.25) is 0 Å². The molecule has 0 aromatic carbocycles. The third-order valence-electron chi connectivity index (χ3n) is 4.79. The third kappa shape index (κ3) is 14.6. The van der Waals surface area contributed by atoms with E-state index in [1.807, 2.05) is 7.05 Å². The zero-order valence-electron chi connectivity index (χ0n) is 16.4. The van der Waals surface area contributed by atoms with Gasteiger partial charge in [-0.25, -0.2) is 0 Å². The number of nitrogens with one attached hydrogen (secondary N) is 1. The van der Waals surface area contributed by atoms with E-state index >= 15 is 0 Å². The van der Waals surface area contributed by atoms with Crippen LogP contribution in [0.1, 0.15) is 92.4 Å². The summed E-state index contributed by atoms with van der Waals surface area (Å²) in [6.45, 7) is 12.8. The Morgan fingerprint density at radius 2 is 1.32 bits per heavy atom. The fourth-order valence-electron chi connectivity index (χ4n) is 3.09. The minimum absolute atomic E-state index is 0.873. The van der Waals surface area contributed by atoms with Crippen LogP contribution in [0.15, 0.2) is 11.6 Å². The van der Waals surface area contributed by atoms with E-state index in [0.29, 0.717) is 0 Å². The minimum atomic E-state index is 0.873. The second kappa shape index (κ2) is 14.3. The largest absolute Gasteiger partial charge is 0.316 e. The minimum Gasteiger partial charge on any atom is -0.316 e. The summed E-state index contributed by atoms with van der Waals surface area (Å²) >= 11 is 0. The van der Waals surface area contributed by atoms with E-state index in [-0.39, 0.29) is 0 Å². The lowest BCUT2D eigenvalue weighted by molar-refractivity contribution is 0.389. The molecule has 0 aromatic heterocycles. The molecule has 0 bridgehead atoms. The Morgan fingerprint density at radius 1 is 0.818 bits per heavy atom. The lowest BCUT2D eigenvalue weighted by Crippen LogP contribution is -2.05. The molecular formula is C21H43N. The van der Waals surface area contributed by atoms with Crippen molar-refractivity contribution in [1.29, 1.82) is 0 Å². The van der Waals surface area contributed by atoms with Crippen LogP contribution in [0.4, 0.5) is 0 Å². The summed E-state index contributed by atoms with van der Waals surface area (Å²) in [5, 5.41) is 3.18. The van der Waals surface area contributed by atoms with E-state index < -0.39 is 0 Å². The molecule has 132 valence electrons. The molecule has 0 unspecified atom stereocenters. The van der Waals surface area contributed by atoms with Gasteiger partial charge in [0.25, 0.3) is 0 Å². The van der Waals surface area contributed by atoms with Crippen LogP contribution in [0, 0.1) is 17.8 Å². The van der Waals surface area contributed by atoms with Crippen LogP contribution in [0.25, 0.3) is 0 Å². The van der Waals surface area contributed by atoms with Gasteiger partial charge in [-0.1, -0.05) is 84.3 Å². The summed E-state index contributed by atoms with van der Waals surface area (Å²) in [4.78, 5) is 0. The Morgan fingerprint density at radius 3 is 1.82 bits per heavy atom. The van der Waals surface area contributed by atoms with Gasteiger partial charge in [0.05, 0.1) is 0 Å². The number of likely N-dealkylation sites (N-methyl/N-ethyl adjacent to an activating group) is 1. The Kier molecular flexibility index (Phi) is 14.1. The zero-order chi connectivity index (χ0) is 16.8. The predicted molar refractivity (Wildman–Crippen MR) is 102 cm³/mol. The quantitative estimate of drug-likeness (QED) is 0.357. The molecule has 22 heavy (non-hydrogen) atoms. The van der Waals surface area contributed by atoms with Crippen LogP contribution >= 0.6 is 0 Å². The topological polar surface area (TPSA) is 12.0 Å². The molecule has 0 spiro atoms. The average molecular weight is 310 g/mol. The van der Waals surface area contributed by atoms with Crippen molar-refractivity contribution < 1.29 is 0 Å². The van der Waals surface area contributed by atoms with Gasteiger partial charge in [-0.2, -0.15) is 0 Å². The third-order valence-corrected chi connectivity index (χ3v) is 4.79. The van der Waals surface area contributed by atoms with Crippen molar-refractivity contribution in [1.82, 2.24) is 5.32 Å². The molecule has 1 nitrogen and oxygen atoms in total. The van der Waals surface area contributed by atoms with E-state index in [1.54, 1.807) is 5.57 Å². The summed E-state index contributed by atoms with van der Waals surface area (Å²) in [5.74, 6) is 2.70. The molecule has 0 saturated carbocycles. The van der Waals surface area contributed by atoms with Gasteiger partial charge in [-0.05, 0) is 44.6 Å². The standard InChI is InChI=1S/C21H43N/c1-18(2)10-7-11-19(3)12-8-13-20(4)14-9-15-21(5)16-17-22-6/h16,18-20,22H,7-15,17H2,1-6H3/b21-16+/t19-,20-/m1/s1. The molecule has 1 N–H and O–H groups in total. The maximum atomic E-state index is 3.18. The molecule has 1 heteroatoms. The molecule has 0 radical (unpaired) electrons. The van der Waals surface area contributed by atoms with Crippen molar-refractivity contribution in [2.45, 2.75) is 92.4 Å². The van der Waals surface area contributed by atoms with Crippen LogP contribution in [-0.4, -0.2) is 13.6 Å². The molecular weight excluding hydrogens is 266 g/mol. The monoisotopic (exact) mass is 309 g/mol.